The molecule has 0 unspecified atom stereocenters. The molecule has 0 bridgehead atoms. The summed E-state index contributed by atoms with van der Waals surface area (Å²) in [5.41, 5.74) is 2.59. The van der Waals surface area contributed by atoms with Crippen LogP contribution in [0, 0.1) is 5.82 Å². The molecule has 1 aromatic heterocycles. The first-order chi connectivity index (χ1) is 13.5. The maximum absolute atomic E-state index is 14.2. The Kier molecular flexibility index (Phi) is 6.17. The first kappa shape index (κ1) is 19.7. The molecule has 3 N–H and O–H groups in total. The Morgan fingerprint density at radius 1 is 1.14 bits per heavy atom. The number of rotatable bonds is 8. The van der Waals surface area contributed by atoms with Gasteiger partial charge in [0, 0.05) is 11.5 Å². The van der Waals surface area contributed by atoms with Crippen LogP contribution in [-0.4, -0.2) is 42.8 Å². The first-order valence-corrected chi connectivity index (χ1v) is 8.02. The Bertz CT molecular complexity index is 978. The monoisotopic (exact) mass is 390 g/mol. The second-order valence-electron chi connectivity index (χ2n) is 5.51. The summed E-state index contributed by atoms with van der Waals surface area (Å²) >= 11 is 0. The molecule has 0 aliphatic rings. The standard InChI is InChI=1S/C17H14BF3N4O3/c18-10-2-1-3-11(15(10)19)24-16-9-6-13(25-26)14(7-12(9)22-8-23-16)27-4-5-28-17(20)21/h1-3,6-8,17,25-26H,4-5H2,(H,22,23,24). The van der Waals surface area contributed by atoms with Gasteiger partial charge in [-0.25, -0.2) is 14.4 Å². The van der Waals surface area contributed by atoms with Crippen LogP contribution < -0.4 is 21.0 Å². The topological polar surface area (TPSA) is 88.5 Å². The predicted molar refractivity (Wildman–Crippen MR) is 97.5 cm³/mol. The number of anilines is 3. The molecule has 3 aromatic rings. The van der Waals surface area contributed by atoms with Gasteiger partial charge in [-0.15, -0.1) is 0 Å². The van der Waals surface area contributed by atoms with Gasteiger partial charge >= 0.3 is 6.61 Å². The molecule has 0 aliphatic heterocycles. The molecule has 1 heterocycles. The molecule has 7 nitrogen and oxygen atoms in total. The molecule has 144 valence electrons. The molecule has 2 aromatic carbocycles. The van der Waals surface area contributed by atoms with E-state index in [1.165, 1.54) is 30.6 Å². The molecular weight excluding hydrogens is 376 g/mol. The van der Waals surface area contributed by atoms with E-state index in [0.717, 1.165) is 0 Å². The van der Waals surface area contributed by atoms with Gasteiger partial charge in [-0.2, -0.15) is 8.78 Å². The SMILES string of the molecule is [B]c1cccc(Nc2ncnc3cc(OCCOC(F)F)c(NO)cc23)c1F. The maximum Gasteiger partial charge on any atom is 0.345 e. The van der Waals surface area contributed by atoms with Crippen LogP contribution in [0.1, 0.15) is 0 Å². The summed E-state index contributed by atoms with van der Waals surface area (Å²) in [7, 11) is 5.56. The molecule has 0 amide bonds. The summed E-state index contributed by atoms with van der Waals surface area (Å²) in [4.78, 5) is 8.20. The van der Waals surface area contributed by atoms with Gasteiger partial charge in [-0.05, 0) is 12.1 Å². The fourth-order valence-corrected chi connectivity index (χ4v) is 2.45. The summed E-state index contributed by atoms with van der Waals surface area (Å²) in [5, 5.41) is 12.6. The molecule has 0 saturated carbocycles. The highest BCUT2D eigenvalue weighted by Gasteiger charge is 2.13. The van der Waals surface area contributed by atoms with E-state index >= 15 is 0 Å². The van der Waals surface area contributed by atoms with Crippen LogP contribution in [0.3, 0.4) is 0 Å². The Morgan fingerprint density at radius 3 is 2.71 bits per heavy atom. The van der Waals surface area contributed by atoms with E-state index in [9.17, 15) is 18.4 Å². The van der Waals surface area contributed by atoms with Gasteiger partial charge in [0.15, 0.2) is 0 Å². The molecule has 0 fully saturated rings. The normalized spacial score (nSPS) is 11.0. The first-order valence-electron chi connectivity index (χ1n) is 8.02. The highest BCUT2D eigenvalue weighted by molar-refractivity contribution is 6.32. The van der Waals surface area contributed by atoms with Gasteiger partial charge in [-0.3, -0.25) is 10.7 Å². The van der Waals surface area contributed by atoms with Gasteiger partial charge in [0.1, 0.15) is 43.9 Å². The largest absolute Gasteiger partial charge is 0.489 e. The number of nitrogens with zero attached hydrogens (tertiary/aromatic N) is 2. The summed E-state index contributed by atoms with van der Waals surface area (Å²) < 4.78 is 47.6. The predicted octanol–water partition coefficient (Wildman–Crippen LogP) is 2.73. The molecule has 0 atom stereocenters. The third kappa shape index (κ3) is 4.43. The van der Waals surface area contributed by atoms with E-state index < -0.39 is 12.4 Å². The zero-order valence-electron chi connectivity index (χ0n) is 14.3. The Labute approximate surface area is 158 Å². The molecule has 28 heavy (non-hydrogen) atoms. The molecule has 11 heteroatoms. The van der Waals surface area contributed by atoms with E-state index in [0.29, 0.717) is 10.9 Å². The van der Waals surface area contributed by atoms with Gasteiger partial charge in [0.25, 0.3) is 0 Å². The van der Waals surface area contributed by atoms with E-state index in [1.807, 2.05) is 5.48 Å². The van der Waals surface area contributed by atoms with E-state index in [1.54, 1.807) is 6.07 Å². The summed E-state index contributed by atoms with van der Waals surface area (Å²) in [6.45, 7) is -3.41. The number of fused-ring (bicyclic) bond motifs is 1. The molecule has 0 saturated heterocycles. The smallest absolute Gasteiger partial charge is 0.345 e. The van der Waals surface area contributed by atoms with Crippen molar-refractivity contribution in [3.63, 3.8) is 0 Å². The molecule has 0 aliphatic carbocycles. The third-order valence-corrected chi connectivity index (χ3v) is 3.72. The van der Waals surface area contributed by atoms with Crippen LogP contribution in [0.25, 0.3) is 10.9 Å². The number of aromatic nitrogens is 2. The van der Waals surface area contributed by atoms with E-state index in [-0.39, 0.29) is 41.6 Å². The zero-order chi connectivity index (χ0) is 20.1. The molecule has 2 radical (unpaired) electrons. The van der Waals surface area contributed by atoms with Crippen molar-refractivity contribution < 1.29 is 27.9 Å². The fraction of sp³-hybridized carbons (Fsp3) is 0.176. The molecular formula is C17H14BF3N4O3. The second kappa shape index (κ2) is 8.76. The second-order valence-corrected chi connectivity index (χ2v) is 5.51. The van der Waals surface area contributed by atoms with Crippen LogP contribution in [0.4, 0.5) is 30.4 Å². The van der Waals surface area contributed by atoms with Crippen LogP contribution in [0.5, 0.6) is 5.75 Å². The van der Waals surface area contributed by atoms with Crippen molar-refractivity contribution in [2.45, 2.75) is 6.61 Å². The minimum atomic E-state index is -2.90. The lowest BCUT2D eigenvalue weighted by Gasteiger charge is -2.14. The minimum absolute atomic E-state index is 0.0252. The van der Waals surface area contributed by atoms with Crippen molar-refractivity contribution in [2.24, 2.45) is 0 Å². The van der Waals surface area contributed by atoms with Crippen LogP contribution >= 0.6 is 0 Å². The average molecular weight is 390 g/mol. The zero-order valence-corrected chi connectivity index (χ0v) is 14.3. The lowest BCUT2D eigenvalue weighted by Crippen LogP contribution is -2.11. The Balaban J connectivity index is 1.90. The summed E-state index contributed by atoms with van der Waals surface area (Å²) in [6, 6.07) is 7.43. The van der Waals surface area contributed by atoms with Crippen molar-refractivity contribution in [2.75, 3.05) is 24.0 Å². The van der Waals surface area contributed by atoms with Gasteiger partial charge in [0.2, 0.25) is 0 Å². The molecule has 0 spiro atoms. The fourth-order valence-electron chi connectivity index (χ4n) is 2.45. The summed E-state index contributed by atoms with van der Waals surface area (Å²) in [6.07, 6.45) is 1.25. The third-order valence-electron chi connectivity index (χ3n) is 3.72. The average Bonchev–Trinajstić information content (AvgIpc) is 2.68. The maximum atomic E-state index is 14.2. The lowest BCUT2D eigenvalue weighted by molar-refractivity contribution is -0.133. The van der Waals surface area contributed by atoms with Crippen molar-refractivity contribution in [1.29, 1.82) is 0 Å². The Morgan fingerprint density at radius 2 is 1.96 bits per heavy atom. The minimum Gasteiger partial charge on any atom is -0.489 e. The quantitative estimate of drug-likeness (QED) is 0.310. The number of alkyl halides is 2. The van der Waals surface area contributed by atoms with Crippen molar-refractivity contribution in [3.05, 3.63) is 42.5 Å². The number of benzene rings is 2. The van der Waals surface area contributed by atoms with Crippen molar-refractivity contribution in [3.8, 4) is 5.75 Å². The highest BCUT2D eigenvalue weighted by atomic mass is 19.3. The number of ether oxygens (including phenoxy) is 2. The van der Waals surface area contributed by atoms with Gasteiger partial charge in [-0.1, -0.05) is 17.6 Å². The van der Waals surface area contributed by atoms with Crippen LogP contribution in [0.15, 0.2) is 36.7 Å². The molecule has 3 rings (SSSR count). The number of hydrogen-bond donors (Lipinski definition) is 3. The van der Waals surface area contributed by atoms with E-state index in [2.05, 4.69) is 20.0 Å². The number of nitrogens with one attached hydrogen (secondary N) is 2. The van der Waals surface area contributed by atoms with Crippen molar-refractivity contribution >= 4 is 41.4 Å². The highest BCUT2D eigenvalue weighted by Crippen LogP contribution is 2.33. The lowest BCUT2D eigenvalue weighted by atomic mass is 9.95. The Hall–Kier alpha value is -3.05. The van der Waals surface area contributed by atoms with Gasteiger partial charge in [0.05, 0.1) is 17.8 Å². The van der Waals surface area contributed by atoms with Gasteiger partial charge < -0.3 is 14.8 Å². The van der Waals surface area contributed by atoms with Crippen molar-refractivity contribution in [1.82, 2.24) is 9.97 Å². The van der Waals surface area contributed by atoms with Crippen LogP contribution in [0.2, 0.25) is 0 Å². The number of hydrogen-bond acceptors (Lipinski definition) is 7. The number of halogens is 3. The van der Waals surface area contributed by atoms with Crippen LogP contribution in [-0.2, 0) is 4.74 Å². The van der Waals surface area contributed by atoms with E-state index in [4.69, 9.17) is 12.6 Å². The summed E-state index contributed by atoms with van der Waals surface area (Å²) in [5.74, 6) is -0.208.